The van der Waals surface area contributed by atoms with Crippen LogP contribution in [0.4, 0.5) is 0 Å². The van der Waals surface area contributed by atoms with E-state index in [1.807, 2.05) is 4.90 Å². The molecule has 1 saturated heterocycles. The predicted molar refractivity (Wildman–Crippen MR) is 80.5 cm³/mol. The summed E-state index contributed by atoms with van der Waals surface area (Å²) in [5.41, 5.74) is 0. The van der Waals surface area contributed by atoms with Crippen molar-refractivity contribution in [2.24, 2.45) is 0 Å². The fraction of sp³-hybridized carbons (Fsp3) is 0.786. The van der Waals surface area contributed by atoms with Gasteiger partial charge in [0.1, 0.15) is 0 Å². The first-order valence-electron chi connectivity index (χ1n) is 7.56. The topological polar surface area (TPSA) is 71.3 Å². The van der Waals surface area contributed by atoms with Gasteiger partial charge in [-0.15, -0.1) is 12.4 Å². The fourth-order valence-corrected chi connectivity index (χ4v) is 2.58. The van der Waals surface area contributed by atoms with Gasteiger partial charge in [-0.2, -0.15) is 4.98 Å². The van der Waals surface area contributed by atoms with Gasteiger partial charge in [0.05, 0.1) is 0 Å². The Labute approximate surface area is 131 Å². The van der Waals surface area contributed by atoms with Crippen molar-refractivity contribution in [3.8, 4) is 0 Å². The SMILES string of the molecule is CC1CN(C(=O)CCCc2nc(C3CC3)no2)CCN1.Cl. The van der Waals surface area contributed by atoms with Crippen LogP contribution in [0.5, 0.6) is 0 Å². The third-order valence-electron chi connectivity index (χ3n) is 3.93. The zero-order chi connectivity index (χ0) is 13.9. The van der Waals surface area contributed by atoms with E-state index in [4.69, 9.17) is 4.52 Å². The molecule has 1 aliphatic carbocycles. The molecule has 7 heteroatoms. The van der Waals surface area contributed by atoms with Crippen molar-refractivity contribution in [3.05, 3.63) is 11.7 Å². The highest BCUT2D eigenvalue weighted by Gasteiger charge is 2.28. The van der Waals surface area contributed by atoms with Crippen LogP contribution in [0, 0.1) is 0 Å². The van der Waals surface area contributed by atoms with E-state index in [-0.39, 0.29) is 18.3 Å². The minimum Gasteiger partial charge on any atom is -0.340 e. The van der Waals surface area contributed by atoms with Crippen LogP contribution in [0.1, 0.15) is 50.2 Å². The molecule has 1 aromatic rings. The van der Waals surface area contributed by atoms with E-state index in [1.54, 1.807) is 0 Å². The Bertz CT molecular complexity index is 475. The first kappa shape index (κ1) is 16.2. The zero-order valence-electron chi connectivity index (χ0n) is 12.4. The second kappa shape index (κ2) is 7.22. The summed E-state index contributed by atoms with van der Waals surface area (Å²) in [6.45, 7) is 4.62. The molecular weight excluding hydrogens is 292 g/mol. The number of aryl methyl sites for hydroxylation is 1. The molecule has 2 heterocycles. The van der Waals surface area contributed by atoms with Crippen LogP contribution in [0.25, 0.3) is 0 Å². The van der Waals surface area contributed by atoms with Crippen LogP contribution < -0.4 is 5.32 Å². The highest BCUT2D eigenvalue weighted by atomic mass is 35.5. The van der Waals surface area contributed by atoms with Crippen LogP contribution in [-0.2, 0) is 11.2 Å². The van der Waals surface area contributed by atoms with Crippen molar-refractivity contribution in [3.63, 3.8) is 0 Å². The molecule has 1 atom stereocenters. The lowest BCUT2D eigenvalue weighted by Crippen LogP contribution is -2.51. The number of halogens is 1. The number of rotatable bonds is 5. The third kappa shape index (κ3) is 4.41. The molecule has 0 bridgehead atoms. The maximum absolute atomic E-state index is 12.1. The normalized spacial score (nSPS) is 22.0. The Hall–Kier alpha value is -1.14. The van der Waals surface area contributed by atoms with Crippen LogP contribution in [0.3, 0.4) is 0 Å². The monoisotopic (exact) mass is 314 g/mol. The Kier molecular flexibility index (Phi) is 5.58. The molecule has 118 valence electrons. The smallest absolute Gasteiger partial charge is 0.226 e. The van der Waals surface area contributed by atoms with Crippen molar-refractivity contribution in [2.75, 3.05) is 19.6 Å². The number of hydrogen-bond acceptors (Lipinski definition) is 5. The van der Waals surface area contributed by atoms with Gasteiger partial charge >= 0.3 is 0 Å². The molecule has 21 heavy (non-hydrogen) atoms. The van der Waals surface area contributed by atoms with Crippen LogP contribution in [0.2, 0.25) is 0 Å². The van der Waals surface area contributed by atoms with Crippen molar-refractivity contribution in [2.45, 2.75) is 51.0 Å². The number of nitrogens with one attached hydrogen (secondary N) is 1. The van der Waals surface area contributed by atoms with Gasteiger partial charge in [0.25, 0.3) is 0 Å². The number of hydrogen-bond donors (Lipinski definition) is 1. The van der Waals surface area contributed by atoms with Gasteiger partial charge < -0.3 is 14.7 Å². The molecule has 2 aliphatic rings. The maximum atomic E-state index is 12.1. The van der Waals surface area contributed by atoms with Gasteiger partial charge in [-0.25, -0.2) is 0 Å². The van der Waals surface area contributed by atoms with E-state index in [0.717, 1.165) is 31.9 Å². The molecule has 3 rings (SSSR count). The van der Waals surface area contributed by atoms with Gasteiger partial charge in [-0.1, -0.05) is 5.16 Å². The standard InChI is InChI=1S/C14H22N4O2.ClH/c1-10-9-18(8-7-15-10)13(19)4-2-3-12-16-14(17-20-12)11-5-6-11;/h10-11,15H,2-9H2,1H3;1H. The Morgan fingerprint density at radius 1 is 1.48 bits per heavy atom. The molecule has 1 amide bonds. The number of nitrogens with zero attached hydrogens (tertiary/aromatic N) is 3. The number of aromatic nitrogens is 2. The van der Waals surface area contributed by atoms with Gasteiger partial charge in [0.2, 0.25) is 11.8 Å². The van der Waals surface area contributed by atoms with Gasteiger partial charge in [0.15, 0.2) is 5.82 Å². The predicted octanol–water partition coefficient (Wildman–Crippen LogP) is 1.51. The Morgan fingerprint density at radius 2 is 2.29 bits per heavy atom. The molecule has 0 radical (unpaired) electrons. The van der Waals surface area contributed by atoms with Crippen LogP contribution >= 0.6 is 12.4 Å². The molecule has 1 saturated carbocycles. The number of carbonyl (C=O) groups excluding carboxylic acids is 1. The van der Waals surface area contributed by atoms with E-state index in [0.29, 0.717) is 30.7 Å². The summed E-state index contributed by atoms with van der Waals surface area (Å²) >= 11 is 0. The van der Waals surface area contributed by atoms with E-state index >= 15 is 0 Å². The number of amides is 1. The summed E-state index contributed by atoms with van der Waals surface area (Å²) in [5, 5.41) is 7.33. The quantitative estimate of drug-likeness (QED) is 0.892. The Morgan fingerprint density at radius 3 is 3.00 bits per heavy atom. The number of carbonyl (C=O) groups is 1. The van der Waals surface area contributed by atoms with E-state index < -0.39 is 0 Å². The molecule has 0 aromatic carbocycles. The Balaban J connectivity index is 0.00000161. The first-order valence-corrected chi connectivity index (χ1v) is 7.56. The summed E-state index contributed by atoms with van der Waals surface area (Å²) in [4.78, 5) is 18.4. The minimum absolute atomic E-state index is 0. The maximum Gasteiger partial charge on any atom is 0.226 e. The molecule has 1 unspecified atom stereocenters. The summed E-state index contributed by atoms with van der Waals surface area (Å²) in [6, 6.07) is 0.393. The van der Waals surface area contributed by atoms with Crippen LogP contribution in [-0.4, -0.2) is 46.6 Å². The molecule has 1 aliphatic heterocycles. The average molecular weight is 315 g/mol. The van der Waals surface area contributed by atoms with E-state index in [2.05, 4.69) is 22.4 Å². The van der Waals surface area contributed by atoms with E-state index in [1.165, 1.54) is 12.8 Å². The average Bonchev–Trinajstić information content (AvgIpc) is 3.19. The van der Waals surface area contributed by atoms with Crippen molar-refractivity contribution < 1.29 is 9.32 Å². The molecular formula is C14H23ClN4O2. The fourth-order valence-electron chi connectivity index (χ4n) is 2.58. The van der Waals surface area contributed by atoms with Crippen molar-refractivity contribution >= 4 is 18.3 Å². The first-order chi connectivity index (χ1) is 9.72. The molecule has 0 spiro atoms. The summed E-state index contributed by atoms with van der Waals surface area (Å²) < 4.78 is 5.21. The van der Waals surface area contributed by atoms with Crippen molar-refractivity contribution in [1.29, 1.82) is 0 Å². The van der Waals surface area contributed by atoms with Crippen molar-refractivity contribution in [1.82, 2.24) is 20.4 Å². The molecule has 6 nitrogen and oxygen atoms in total. The second-order valence-electron chi connectivity index (χ2n) is 5.87. The van der Waals surface area contributed by atoms with Gasteiger partial charge in [0, 0.05) is 44.4 Å². The summed E-state index contributed by atoms with van der Waals surface area (Å²) in [7, 11) is 0. The lowest BCUT2D eigenvalue weighted by Gasteiger charge is -2.31. The van der Waals surface area contributed by atoms with Crippen LogP contribution in [0.15, 0.2) is 4.52 Å². The molecule has 2 fully saturated rings. The zero-order valence-corrected chi connectivity index (χ0v) is 13.2. The largest absolute Gasteiger partial charge is 0.340 e. The number of piperazine rings is 1. The van der Waals surface area contributed by atoms with Gasteiger partial charge in [-0.3, -0.25) is 4.79 Å². The summed E-state index contributed by atoms with van der Waals surface area (Å²) in [5.74, 6) is 2.28. The highest BCUT2D eigenvalue weighted by molar-refractivity contribution is 5.85. The lowest BCUT2D eigenvalue weighted by atomic mass is 10.2. The highest BCUT2D eigenvalue weighted by Crippen LogP contribution is 2.38. The lowest BCUT2D eigenvalue weighted by molar-refractivity contribution is -0.132. The molecule has 1 N–H and O–H groups in total. The van der Waals surface area contributed by atoms with E-state index in [9.17, 15) is 4.79 Å². The minimum atomic E-state index is 0. The second-order valence-corrected chi connectivity index (χ2v) is 5.87. The summed E-state index contributed by atoms with van der Waals surface area (Å²) in [6.07, 6.45) is 4.40. The molecule has 1 aromatic heterocycles. The third-order valence-corrected chi connectivity index (χ3v) is 3.93. The van der Waals surface area contributed by atoms with Gasteiger partial charge in [-0.05, 0) is 26.2 Å².